The first-order chi connectivity index (χ1) is 5.86. The smallest absolute Gasteiger partial charge is 0.242 e. The maximum Gasteiger partial charge on any atom is 0.242 e. The van der Waals surface area contributed by atoms with Gasteiger partial charge in [-0.25, -0.2) is 0 Å². The second-order valence-electron chi connectivity index (χ2n) is 2.53. The van der Waals surface area contributed by atoms with Crippen LogP contribution in [0.15, 0.2) is 0 Å². The van der Waals surface area contributed by atoms with Gasteiger partial charge in [-0.2, -0.15) is 12.6 Å². The highest BCUT2D eigenvalue weighted by atomic mass is 32.1. The van der Waals surface area contributed by atoms with Crippen LogP contribution in [-0.2, 0) is 14.4 Å². The molecule has 1 fully saturated rings. The van der Waals surface area contributed by atoms with Crippen LogP contribution in [0.1, 0.15) is 13.3 Å². The number of amides is 2. The van der Waals surface area contributed by atoms with Gasteiger partial charge in [0.2, 0.25) is 11.8 Å². The minimum atomic E-state index is -0.400. The van der Waals surface area contributed by atoms with Crippen molar-refractivity contribution in [2.75, 3.05) is 7.05 Å². The summed E-state index contributed by atoms with van der Waals surface area (Å²) in [6.45, 7) is 1.39. The predicted molar refractivity (Wildman–Crippen MR) is 54.8 cm³/mol. The molecule has 1 aliphatic rings. The molecule has 0 N–H and O–H groups in total. The van der Waals surface area contributed by atoms with E-state index in [0.29, 0.717) is 0 Å². The van der Waals surface area contributed by atoms with Gasteiger partial charge in [0.1, 0.15) is 0 Å². The third kappa shape index (κ3) is 4.33. The SMILES string of the molecule is CC(=O)S.CN1C(=O)CC(S)C1=O. The zero-order valence-electron chi connectivity index (χ0n) is 7.35. The molecule has 0 aromatic rings. The van der Waals surface area contributed by atoms with Crippen molar-refractivity contribution >= 4 is 42.2 Å². The topological polar surface area (TPSA) is 54.5 Å². The van der Waals surface area contributed by atoms with Crippen molar-refractivity contribution in [2.24, 2.45) is 0 Å². The van der Waals surface area contributed by atoms with Gasteiger partial charge in [-0.3, -0.25) is 19.3 Å². The molecule has 0 bridgehead atoms. The Kier molecular flexibility index (Phi) is 5.09. The lowest BCUT2D eigenvalue weighted by Gasteiger charge is -2.02. The molecule has 0 saturated carbocycles. The second kappa shape index (κ2) is 5.29. The number of nitrogens with zero attached hydrogens (tertiary/aromatic N) is 1. The van der Waals surface area contributed by atoms with E-state index in [2.05, 4.69) is 25.3 Å². The minimum absolute atomic E-state index is 0.139. The van der Waals surface area contributed by atoms with Gasteiger partial charge in [-0.05, 0) is 0 Å². The quantitative estimate of drug-likeness (QED) is 0.452. The number of carbonyl (C=O) groups is 3. The van der Waals surface area contributed by atoms with Gasteiger partial charge in [-0.15, -0.1) is 12.6 Å². The Bertz CT molecular complexity index is 238. The molecule has 1 saturated heterocycles. The fourth-order valence-corrected chi connectivity index (χ4v) is 1.07. The zero-order chi connectivity index (χ0) is 10.6. The molecule has 1 unspecified atom stereocenters. The van der Waals surface area contributed by atoms with Crippen LogP contribution in [0.5, 0.6) is 0 Å². The van der Waals surface area contributed by atoms with E-state index >= 15 is 0 Å². The van der Waals surface area contributed by atoms with Crippen LogP contribution < -0.4 is 0 Å². The molecular weight excluding hydrogens is 210 g/mol. The summed E-state index contributed by atoms with van der Waals surface area (Å²) in [7, 11) is 1.47. The average Bonchev–Trinajstić information content (AvgIpc) is 2.17. The van der Waals surface area contributed by atoms with E-state index < -0.39 is 5.25 Å². The summed E-state index contributed by atoms with van der Waals surface area (Å²) in [5.74, 6) is -0.330. The molecular formula is C7H11NO3S2. The Hall–Kier alpha value is -0.490. The van der Waals surface area contributed by atoms with Crippen LogP contribution in [0.2, 0.25) is 0 Å². The Morgan fingerprint density at radius 3 is 2.00 bits per heavy atom. The highest BCUT2D eigenvalue weighted by Crippen LogP contribution is 2.14. The molecule has 1 rings (SSSR count). The maximum absolute atomic E-state index is 10.7. The Balaban J connectivity index is 0.000000310. The van der Waals surface area contributed by atoms with Crippen LogP contribution in [-0.4, -0.2) is 34.1 Å². The van der Waals surface area contributed by atoms with E-state index in [-0.39, 0.29) is 23.4 Å². The zero-order valence-corrected chi connectivity index (χ0v) is 9.14. The molecule has 0 aromatic carbocycles. The van der Waals surface area contributed by atoms with Crippen LogP contribution >= 0.6 is 25.3 Å². The summed E-state index contributed by atoms with van der Waals surface area (Å²) in [6, 6.07) is 0. The van der Waals surface area contributed by atoms with E-state index in [9.17, 15) is 14.4 Å². The normalized spacial score (nSPS) is 21.2. The number of hydrogen-bond donors (Lipinski definition) is 2. The van der Waals surface area contributed by atoms with Crippen molar-refractivity contribution in [2.45, 2.75) is 18.6 Å². The lowest BCUT2D eigenvalue weighted by molar-refractivity contribution is -0.136. The molecule has 13 heavy (non-hydrogen) atoms. The van der Waals surface area contributed by atoms with E-state index in [1.807, 2.05) is 0 Å². The third-order valence-electron chi connectivity index (χ3n) is 1.36. The molecule has 1 aliphatic heterocycles. The summed E-state index contributed by atoms with van der Waals surface area (Å²) >= 11 is 7.22. The van der Waals surface area contributed by atoms with Crippen LogP contribution in [0.3, 0.4) is 0 Å². The minimum Gasteiger partial charge on any atom is -0.288 e. The lowest BCUT2D eigenvalue weighted by atomic mass is 10.4. The maximum atomic E-state index is 10.7. The Morgan fingerprint density at radius 1 is 1.54 bits per heavy atom. The molecule has 0 radical (unpaired) electrons. The van der Waals surface area contributed by atoms with Crippen LogP contribution in [0.25, 0.3) is 0 Å². The highest BCUT2D eigenvalue weighted by Gasteiger charge is 2.32. The number of hydrogen-bond acceptors (Lipinski definition) is 4. The largest absolute Gasteiger partial charge is 0.288 e. The number of rotatable bonds is 0. The van der Waals surface area contributed by atoms with Gasteiger partial charge in [0, 0.05) is 20.4 Å². The van der Waals surface area contributed by atoms with Gasteiger partial charge in [0.05, 0.1) is 5.25 Å². The fourth-order valence-electron chi connectivity index (χ4n) is 0.736. The molecule has 0 spiro atoms. The van der Waals surface area contributed by atoms with Gasteiger partial charge < -0.3 is 0 Å². The van der Waals surface area contributed by atoms with Crippen molar-refractivity contribution < 1.29 is 14.4 Å². The third-order valence-corrected chi connectivity index (χ3v) is 1.76. The first-order valence-corrected chi connectivity index (χ1v) is 4.50. The van der Waals surface area contributed by atoms with E-state index in [1.54, 1.807) is 0 Å². The van der Waals surface area contributed by atoms with Crippen LogP contribution in [0, 0.1) is 0 Å². The van der Waals surface area contributed by atoms with Crippen molar-refractivity contribution in [3.05, 3.63) is 0 Å². The predicted octanol–water partition coefficient (Wildman–Crippen LogP) is 0.136. The van der Waals surface area contributed by atoms with E-state index in [0.717, 1.165) is 4.90 Å². The van der Waals surface area contributed by atoms with Crippen molar-refractivity contribution in [3.63, 3.8) is 0 Å². The standard InChI is InChI=1S/C5H7NO2S.C2H4OS/c1-6-4(7)2-3(9)5(6)8;1-2(3)4/h3,9H,2H2,1H3;1H3,(H,3,4). The molecule has 1 heterocycles. The number of likely N-dealkylation sites (tertiary alicyclic amines) is 1. The van der Waals surface area contributed by atoms with Gasteiger partial charge in [0.15, 0.2) is 5.12 Å². The van der Waals surface area contributed by atoms with Gasteiger partial charge in [-0.1, -0.05) is 0 Å². The first kappa shape index (κ1) is 12.5. The number of imide groups is 1. The van der Waals surface area contributed by atoms with Crippen LogP contribution in [0.4, 0.5) is 0 Å². The second-order valence-corrected chi connectivity index (χ2v) is 3.78. The van der Waals surface area contributed by atoms with Gasteiger partial charge >= 0.3 is 0 Å². The fraction of sp³-hybridized carbons (Fsp3) is 0.571. The lowest BCUT2D eigenvalue weighted by Crippen LogP contribution is -2.25. The van der Waals surface area contributed by atoms with E-state index in [1.165, 1.54) is 14.0 Å². The first-order valence-electron chi connectivity index (χ1n) is 3.54. The summed E-state index contributed by atoms with van der Waals surface area (Å²) in [6.07, 6.45) is 0.248. The molecule has 2 amide bonds. The monoisotopic (exact) mass is 221 g/mol. The average molecular weight is 221 g/mol. The summed E-state index contributed by atoms with van der Waals surface area (Å²) in [5, 5.41) is -0.539. The molecule has 1 atom stereocenters. The highest BCUT2D eigenvalue weighted by molar-refractivity contribution is 7.96. The number of thiol groups is 2. The summed E-state index contributed by atoms with van der Waals surface area (Å²) in [5.41, 5.74) is 0. The Morgan fingerprint density at radius 2 is 1.92 bits per heavy atom. The summed E-state index contributed by atoms with van der Waals surface area (Å²) in [4.78, 5) is 31.8. The van der Waals surface area contributed by atoms with Crippen molar-refractivity contribution in [1.82, 2.24) is 4.90 Å². The summed E-state index contributed by atoms with van der Waals surface area (Å²) < 4.78 is 0. The van der Waals surface area contributed by atoms with E-state index in [4.69, 9.17) is 0 Å². The molecule has 4 nitrogen and oxygen atoms in total. The molecule has 74 valence electrons. The number of carbonyl (C=O) groups excluding carboxylic acids is 3. The molecule has 0 aromatic heterocycles. The van der Waals surface area contributed by atoms with Crippen molar-refractivity contribution in [3.8, 4) is 0 Å². The Labute approximate surface area is 87.5 Å². The van der Waals surface area contributed by atoms with Crippen molar-refractivity contribution in [1.29, 1.82) is 0 Å². The van der Waals surface area contributed by atoms with Gasteiger partial charge in [0.25, 0.3) is 0 Å². The molecule has 0 aliphatic carbocycles. The molecule has 6 heteroatoms.